The molecule has 2 aromatic carbocycles. The molecule has 1 amide bonds. The smallest absolute Gasteiger partial charge is 0.230 e. The molecule has 0 radical (unpaired) electrons. The third-order valence-electron chi connectivity index (χ3n) is 3.07. The molecule has 22 heavy (non-hydrogen) atoms. The molecule has 4 nitrogen and oxygen atoms in total. The molecule has 0 aliphatic carbocycles. The maximum atomic E-state index is 11.9. The highest BCUT2D eigenvalue weighted by Crippen LogP contribution is 2.30. The van der Waals surface area contributed by atoms with Gasteiger partial charge < -0.3 is 14.8 Å². The fourth-order valence-corrected chi connectivity index (χ4v) is 2.75. The minimum atomic E-state index is -0.0151. The topological polar surface area (TPSA) is 47.6 Å². The molecule has 2 rings (SSSR count). The summed E-state index contributed by atoms with van der Waals surface area (Å²) in [5, 5.41) is 2.90. The van der Waals surface area contributed by atoms with Gasteiger partial charge in [-0.1, -0.05) is 30.3 Å². The van der Waals surface area contributed by atoms with Gasteiger partial charge in [0.1, 0.15) is 0 Å². The normalized spacial score (nSPS) is 10.1. The molecule has 5 heteroatoms. The van der Waals surface area contributed by atoms with Crippen molar-refractivity contribution in [1.29, 1.82) is 0 Å². The van der Waals surface area contributed by atoms with Crippen molar-refractivity contribution in [3.63, 3.8) is 0 Å². The van der Waals surface area contributed by atoms with E-state index < -0.39 is 0 Å². The first-order valence-corrected chi connectivity index (χ1v) is 7.87. The molecule has 0 heterocycles. The van der Waals surface area contributed by atoms with Crippen LogP contribution in [0.4, 0.5) is 0 Å². The van der Waals surface area contributed by atoms with E-state index in [2.05, 4.69) is 5.32 Å². The van der Waals surface area contributed by atoms with Gasteiger partial charge in [-0.2, -0.15) is 0 Å². The molecular formula is C17H19NO3S. The van der Waals surface area contributed by atoms with Gasteiger partial charge in [0.05, 0.1) is 20.0 Å². The fraction of sp³-hybridized carbons (Fsp3) is 0.235. The number of para-hydroxylation sites is 1. The number of thioether (sulfide) groups is 1. The lowest BCUT2D eigenvalue weighted by atomic mass is 10.2. The van der Waals surface area contributed by atoms with Crippen molar-refractivity contribution in [2.45, 2.75) is 11.4 Å². The molecule has 116 valence electrons. The van der Waals surface area contributed by atoms with Crippen molar-refractivity contribution in [2.75, 3.05) is 20.0 Å². The van der Waals surface area contributed by atoms with Gasteiger partial charge >= 0.3 is 0 Å². The Balaban J connectivity index is 1.88. The van der Waals surface area contributed by atoms with Crippen molar-refractivity contribution in [3.8, 4) is 11.5 Å². The number of carbonyl (C=O) groups is 1. The van der Waals surface area contributed by atoms with Crippen LogP contribution in [0, 0.1) is 0 Å². The van der Waals surface area contributed by atoms with E-state index in [1.165, 1.54) is 11.8 Å². The Morgan fingerprint density at radius 2 is 1.82 bits per heavy atom. The lowest BCUT2D eigenvalue weighted by Gasteiger charge is -2.13. The van der Waals surface area contributed by atoms with Crippen LogP contribution in [0.3, 0.4) is 0 Å². The molecule has 2 aromatic rings. The predicted octanol–water partition coefficient (Wildman–Crippen LogP) is 3.11. The number of carbonyl (C=O) groups excluding carboxylic acids is 1. The Bertz CT molecular complexity index is 617. The zero-order valence-electron chi connectivity index (χ0n) is 12.7. The van der Waals surface area contributed by atoms with Gasteiger partial charge in [0.15, 0.2) is 11.5 Å². The SMILES string of the molecule is COc1cccc(CNC(=O)CSc2ccccc2)c1OC. The van der Waals surface area contributed by atoms with Crippen molar-refractivity contribution in [3.05, 3.63) is 54.1 Å². The van der Waals surface area contributed by atoms with E-state index in [0.29, 0.717) is 23.8 Å². The molecule has 0 spiro atoms. The van der Waals surface area contributed by atoms with Gasteiger partial charge in [0.25, 0.3) is 0 Å². The summed E-state index contributed by atoms with van der Waals surface area (Å²) in [7, 11) is 3.19. The van der Waals surface area contributed by atoms with Crippen LogP contribution in [0.25, 0.3) is 0 Å². The number of rotatable bonds is 7. The summed E-state index contributed by atoms with van der Waals surface area (Å²) in [6, 6.07) is 15.5. The highest BCUT2D eigenvalue weighted by Gasteiger charge is 2.10. The van der Waals surface area contributed by atoms with Gasteiger partial charge in [-0.05, 0) is 18.2 Å². The summed E-state index contributed by atoms with van der Waals surface area (Å²) in [6.45, 7) is 0.411. The first-order valence-electron chi connectivity index (χ1n) is 6.89. The Hall–Kier alpha value is -2.14. The van der Waals surface area contributed by atoms with Crippen LogP contribution in [0.15, 0.2) is 53.4 Å². The highest BCUT2D eigenvalue weighted by atomic mass is 32.2. The number of methoxy groups -OCH3 is 2. The van der Waals surface area contributed by atoms with Gasteiger partial charge in [-0.25, -0.2) is 0 Å². The molecule has 0 aromatic heterocycles. The third kappa shape index (κ3) is 4.43. The average molecular weight is 317 g/mol. The van der Waals surface area contributed by atoms with Crippen LogP contribution < -0.4 is 14.8 Å². The molecule has 0 unspecified atom stereocenters. The second kappa shape index (κ2) is 8.34. The molecule has 0 aliphatic heterocycles. The van der Waals surface area contributed by atoms with E-state index in [4.69, 9.17) is 9.47 Å². The van der Waals surface area contributed by atoms with Crippen molar-refractivity contribution in [2.24, 2.45) is 0 Å². The van der Waals surface area contributed by atoms with Crippen LogP contribution >= 0.6 is 11.8 Å². The van der Waals surface area contributed by atoms with E-state index in [1.807, 2.05) is 48.5 Å². The standard InChI is InChI=1S/C17H19NO3S/c1-20-15-10-6-7-13(17(15)21-2)11-18-16(19)12-22-14-8-4-3-5-9-14/h3-10H,11-12H2,1-2H3,(H,18,19). The Kier molecular flexibility index (Phi) is 6.15. The molecular weight excluding hydrogens is 298 g/mol. The van der Waals surface area contributed by atoms with Crippen LogP contribution in [0.1, 0.15) is 5.56 Å². The van der Waals surface area contributed by atoms with Gasteiger partial charge in [0.2, 0.25) is 5.91 Å². The Morgan fingerprint density at radius 3 is 2.50 bits per heavy atom. The number of ether oxygens (including phenoxy) is 2. The van der Waals surface area contributed by atoms with E-state index >= 15 is 0 Å². The molecule has 0 atom stereocenters. The zero-order valence-corrected chi connectivity index (χ0v) is 13.5. The quantitative estimate of drug-likeness (QED) is 0.797. The van der Waals surface area contributed by atoms with E-state index in [0.717, 1.165) is 10.5 Å². The summed E-state index contributed by atoms with van der Waals surface area (Å²) in [4.78, 5) is 13.0. The maximum absolute atomic E-state index is 11.9. The number of hydrogen-bond acceptors (Lipinski definition) is 4. The molecule has 0 saturated carbocycles. The number of benzene rings is 2. The minimum Gasteiger partial charge on any atom is -0.493 e. The summed E-state index contributed by atoms with van der Waals surface area (Å²) in [5.74, 6) is 1.68. The molecule has 0 saturated heterocycles. The molecule has 0 bridgehead atoms. The number of nitrogens with one attached hydrogen (secondary N) is 1. The maximum Gasteiger partial charge on any atom is 0.230 e. The Morgan fingerprint density at radius 1 is 1.05 bits per heavy atom. The lowest BCUT2D eigenvalue weighted by molar-refractivity contribution is -0.118. The van der Waals surface area contributed by atoms with Crippen LogP contribution in [-0.2, 0) is 11.3 Å². The number of hydrogen-bond donors (Lipinski definition) is 1. The van der Waals surface area contributed by atoms with Crippen LogP contribution in [0.2, 0.25) is 0 Å². The largest absolute Gasteiger partial charge is 0.493 e. The van der Waals surface area contributed by atoms with Crippen molar-refractivity contribution >= 4 is 17.7 Å². The first-order chi connectivity index (χ1) is 10.7. The van der Waals surface area contributed by atoms with Crippen LogP contribution in [-0.4, -0.2) is 25.9 Å². The molecule has 0 fully saturated rings. The lowest BCUT2D eigenvalue weighted by Crippen LogP contribution is -2.24. The summed E-state index contributed by atoms with van der Waals surface area (Å²) in [6.07, 6.45) is 0. The first kappa shape index (κ1) is 16.2. The average Bonchev–Trinajstić information content (AvgIpc) is 2.58. The second-order valence-corrected chi connectivity index (χ2v) is 5.58. The van der Waals surface area contributed by atoms with Gasteiger partial charge in [0, 0.05) is 17.0 Å². The van der Waals surface area contributed by atoms with E-state index in [9.17, 15) is 4.79 Å². The zero-order chi connectivity index (χ0) is 15.8. The summed E-state index contributed by atoms with van der Waals surface area (Å²) >= 11 is 1.51. The van der Waals surface area contributed by atoms with Crippen molar-refractivity contribution in [1.82, 2.24) is 5.32 Å². The predicted molar refractivity (Wildman–Crippen MR) is 88.6 cm³/mol. The highest BCUT2D eigenvalue weighted by molar-refractivity contribution is 8.00. The molecule has 1 N–H and O–H groups in total. The van der Waals surface area contributed by atoms with Crippen LogP contribution in [0.5, 0.6) is 11.5 Å². The fourth-order valence-electron chi connectivity index (χ4n) is 2.00. The summed E-state index contributed by atoms with van der Waals surface area (Å²) < 4.78 is 10.6. The van der Waals surface area contributed by atoms with E-state index in [1.54, 1.807) is 14.2 Å². The summed E-state index contributed by atoms with van der Waals surface area (Å²) in [5.41, 5.74) is 0.889. The number of amides is 1. The van der Waals surface area contributed by atoms with Gasteiger partial charge in [-0.3, -0.25) is 4.79 Å². The minimum absolute atomic E-state index is 0.0151. The van der Waals surface area contributed by atoms with Crippen molar-refractivity contribution < 1.29 is 14.3 Å². The third-order valence-corrected chi connectivity index (χ3v) is 4.09. The van der Waals surface area contributed by atoms with Gasteiger partial charge in [-0.15, -0.1) is 11.8 Å². The monoisotopic (exact) mass is 317 g/mol. The second-order valence-electron chi connectivity index (χ2n) is 4.53. The molecule has 0 aliphatic rings. The van der Waals surface area contributed by atoms with E-state index in [-0.39, 0.29) is 5.91 Å². The Labute approximate surface area is 134 Å².